The number of carbonyl (C=O) groups excluding carboxylic acids is 2. The van der Waals surface area contributed by atoms with Gasteiger partial charge in [0, 0.05) is 10.4 Å². The summed E-state index contributed by atoms with van der Waals surface area (Å²) in [6.07, 6.45) is -0.228. The zero-order valence-corrected chi connectivity index (χ0v) is 15.8. The second kappa shape index (κ2) is 8.45. The number of benzene rings is 1. The number of thiophene rings is 1. The Kier molecular flexibility index (Phi) is 5.98. The molecule has 0 bridgehead atoms. The fraction of sp³-hybridized carbons (Fsp3) is 0.263. The zero-order chi connectivity index (χ0) is 21.0. The summed E-state index contributed by atoms with van der Waals surface area (Å²) in [6.45, 7) is 0. The van der Waals surface area contributed by atoms with Crippen LogP contribution in [-0.2, 0) is 28.6 Å². The lowest BCUT2D eigenvalue weighted by Gasteiger charge is -2.09. The number of anilines is 1. The van der Waals surface area contributed by atoms with E-state index in [-0.39, 0.29) is 5.56 Å². The Labute approximate surface area is 168 Å². The SMILES string of the molecule is N#Cc1c(NC(=O)C(=O)NN=Cc2ccccc2C(F)(F)F)sc2c1CCCC2. The minimum atomic E-state index is -4.57. The lowest BCUT2D eigenvalue weighted by molar-refractivity contribution is -0.137. The molecule has 0 unspecified atom stereocenters. The summed E-state index contributed by atoms with van der Waals surface area (Å²) in [6, 6.07) is 6.77. The normalized spacial score (nSPS) is 13.6. The number of nitrogens with zero attached hydrogens (tertiary/aromatic N) is 2. The third-order valence-corrected chi connectivity index (χ3v) is 5.56. The molecule has 2 amide bonds. The van der Waals surface area contributed by atoms with Gasteiger partial charge < -0.3 is 5.32 Å². The quantitative estimate of drug-likeness (QED) is 0.451. The highest BCUT2D eigenvalue weighted by Crippen LogP contribution is 2.37. The van der Waals surface area contributed by atoms with Crippen LogP contribution in [0.1, 0.15) is 40.0 Å². The van der Waals surface area contributed by atoms with Gasteiger partial charge in [-0.25, -0.2) is 5.43 Å². The Balaban J connectivity index is 1.67. The second-order valence-electron chi connectivity index (χ2n) is 6.27. The van der Waals surface area contributed by atoms with Crippen LogP contribution in [0.25, 0.3) is 0 Å². The van der Waals surface area contributed by atoms with Crippen molar-refractivity contribution in [1.82, 2.24) is 5.43 Å². The number of hydrogen-bond acceptors (Lipinski definition) is 5. The molecule has 2 aromatic rings. The molecule has 1 heterocycles. The van der Waals surface area contributed by atoms with Gasteiger partial charge in [-0.1, -0.05) is 18.2 Å². The average molecular weight is 420 g/mol. The molecule has 0 saturated carbocycles. The van der Waals surface area contributed by atoms with Gasteiger partial charge in [-0.05, 0) is 37.3 Å². The smallest absolute Gasteiger partial charge is 0.308 e. The van der Waals surface area contributed by atoms with Gasteiger partial charge >= 0.3 is 18.0 Å². The lowest BCUT2D eigenvalue weighted by Crippen LogP contribution is -2.32. The zero-order valence-electron chi connectivity index (χ0n) is 15.0. The van der Waals surface area contributed by atoms with Crippen molar-refractivity contribution in [2.45, 2.75) is 31.9 Å². The van der Waals surface area contributed by atoms with E-state index in [2.05, 4.69) is 16.5 Å². The molecule has 10 heteroatoms. The van der Waals surface area contributed by atoms with Crippen molar-refractivity contribution in [3.8, 4) is 6.07 Å². The summed E-state index contributed by atoms with van der Waals surface area (Å²) in [5.74, 6) is -2.21. The van der Waals surface area contributed by atoms with E-state index in [1.807, 2.05) is 5.43 Å². The van der Waals surface area contributed by atoms with Gasteiger partial charge in [0.1, 0.15) is 11.1 Å². The predicted molar refractivity (Wildman–Crippen MR) is 101 cm³/mol. The number of aryl methyl sites for hydroxylation is 1. The summed E-state index contributed by atoms with van der Waals surface area (Å²) < 4.78 is 38.8. The molecule has 2 N–H and O–H groups in total. The number of carbonyl (C=O) groups is 2. The molecule has 0 spiro atoms. The number of rotatable bonds is 3. The van der Waals surface area contributed by atoms with Crippen LogP contribution in [0.15, 0.2) is 29.4 Å². The van der Waals surface area contributed by atoms with E-state index < -0.39 is 23.6 Å². The number of nitriles is 1. The van der Waals surface area contributed by atoms with Crippen LogP contribution < -0.4 is 10.7 Å². The first-order chi connectivity index (χ1) is 13.8. The fourth-order valence-corrected chi connectivity index (χ4v) is 4.25. The topological polar surface area (TPSA) is 94.4 Å². The maximum absolute atomic E-state index is 12.9. The number of nitrogens with one attached hydrogen (secondary N) is 2. The average Bonchev–Trinajstić information content (AvgIpc) is 3.04. The summed E-state index contributed by atoms with van der Waals surface area (Å²) in [7, 11) is 0. The highest BCUT2D eigenvalue weighted by molar-refractivity contribution is 7.16. The van der Waals surface area contributed by atoms with E-state index in [4.69, 9.17) is 0 Å². The maximum atomic E-state index is 12.9. The number of amides is 2. The second-order valence-corrected chi connectivity index (χ2v) is 7.37. The van der Waals surface area contributed by atoms with Crippen molar-refractivity contribution in [2.75, 3.05) is 5.32 Å². The summed E-state index contributed by atoms with van der Waals surface area (Å²) in [5, 5.41) is 15.5. The first-order valence-corrected chi connectivity index (χ1v) is 9.48. The van der Waals surface area contributed by atoms with Gasteiger partial charge in [0.25, 0.3) is 0 Å². The standard InChI is InChI=1S/C19H15F3N4O2S/c20-19(21,22)14-7-3-1-5-11(14)10-24-26-17(28)16(27)25-18-13(9-23)12-6-2-4-8-15(12)29-18/h1,3,5,7,10H,2,4,6,8H2,(H,25,27)(H,26,28). The Hall–Kier alpha value is -3.19. The Bertz CT molecular complexity index is 1020. The van der Waals surface area contributed by atoms with E-state index in [1.54, 1.807) is 0 Å². The molecule has 3 rings (SSSR count). The van der Waals surface area contributed by atoms with Gasteiger partial charge in [0.2, 0.25) is 0 Å². The monoisotopic (exact) mass is 420 g/mol. The van der Waals surface area contributed by atoms with E-state index in [9.17, 15) is 28.0 Å². The number of halogens is 3. The minimum Gasteiger partial charge on any atom is -0.308 e. The molecule has 1 aromatic carbocycles. The molecule has 1 aliphatic rings. The molecule has 150 valence electrons. The molecule has 0 saturated heterocycles. The van der Waals surface area contributed by atoms with Gasteiger partial charge in [0.15, 0.2) is 0 Å². The van der Waals surface area contributed by atoms with Crippen LogP contribution in [0.2, 0.25) is 0 Å². The van der Waals surface area contributed by atoms with Crippen LogP contribution in [0.3, 0.4) is 0 Å². The Morgan fingerprint density at radius 3 is 2.62 bits per heavy atom. The van der Waals surface area contributed by atoms with E-state index >= 15 is 0 Å². The lowest BCUT2D eigenvalue weighted by atomic mass is 9.96. The predicted octanol–water partition coefficient (Wildman–Crippen LogP) is 3.61. The van der Waals surface area contributed by atoms with Gasteiger partial charge in [-0.15, -0.1) is 11.3 Å². The van der Waals surface area contributed by atoms with Crippen LogP contribution >= 0.6 is 11.3 Å². The van der Waals surface area contributed by atoms with Gasteiger partial charge in [-0.3, -0.25) is 9.59 Å². The van der Waals surface area contributed by atoms with Crippen molar-refractivity contribution in [2.24, 2.45) is 5.10 Å². The molecular formula is C19H15F3N4O2S. The first-order valence-electron chi connectivity index (χ1n) is 8.66. The third-order valence-electron chi connectivity index (χ3n) is 4.35. The van der Waals surface area contributed by atoms with Crippen LogP contribution in [0.5, 0.6) is 0 Å². The van der Waals surface area contributed by atoms with Crippen molar-refractivity contribution in [3.63, 3.8) is 0 Å². The van der Waals surface area contributed by atoms with Gasteiger partial charge in [0.05, 0.1) is 17.3 Å². The molecule has 0 fully saturated rings. The fourth-order valence-electron chi connectivity index (χ4n) is 3.01. The third kappa shape index (κ3) is 4.63. The van der Waals surface area contributed by atoms with Crippen LogP contribution in [0, 0.1) is 11.3 Å². The largest absolute Gasteiger partial charge is 0.417 e. The highest BCUT2D eigenvalue weighted by Gasteiger charge is 2.32. The van der Waals surface area contributed by atoms with Crippen LogP contribution in [0.4, 0.5) is 18.2 Å². The molecule has 0 atom stereocenters. The van der Waals surface area contributed by atoms with Gasteiger partial charge in [-0.2, -0.15) is 23.5 Å². The van der Waals surface area contributed by atoms with Crippen LogP contribution in [-0.4, -0.2) is 18.0 Å². The van der Waals surface area contributed by atoms with E-state index in [0.717, 1.165) is 48.4 Å². The number of alkyl halides is 3. The highest BCUT2D eigenvalue weighted by atomic mass is 32.1. The molecule has 6 nitrogen and oxygen atoms in total. The minimum absolute atomic E-state index is 0.251. The summed E-state index contributed by atoms with van der Waals surface area (Å²) in [5.41, 5.74) is 2.00. The first kappa shape index (κ1) is 20.5. The molecule has 0 aliphatic heterocycles. The molecule has 0 radical (unpaired) electrons. The number of hydrazone groups is 1. The van der Waals surface area contributed by atoms with E-state index in [0.29, 0.717) is 10.6 Å². The maximum Gasteiger partial charge on any atom is 0.417 e. The van der Waals surface area contributed by atoms with Crippen molar-refractivity contribution < 1.29 is 22.8 Å². The van der Waals surface area contributed by atoms with Crippen molar-refractivity contribution in [3.05, 3.63) is 51.4 Å². The van der Waals surface area contributed by atoms with E-state index in [1.165, 1.54) is 29.5 Å². The molecule has 1 aromatic heterocycles. The van der Waals surface area contributed by atoms with Crippen molar-refractivity contribution in [1.29, 1.82) is 5.26 Å². The summed E-state index contributed by atoms with van der Waals surface area (Å²) >= 11 is 1.26. The Morgan fingerprint density at radius 1 is 1.17 bits per heavy atom. The molecule has 1 aliphatic carbocycles. The van der Waals surface area contributed by atoms with Crippen molar-refractivity contribution >= 4 is 34.4 Å². The molecular weight excluding hydrogens is 405 g/mol. The summed E-state index contributed by atoms with van der Waals surface area (Å²) in [4.78, 5) is 25.0. The molecule has 29 heavy (non-hydrogen) atoms. The Morgan fingerprint density at radius 2 is 1.90 bits per heavy atom. The number of hydrogen-bond donors (Lipinski definition) is 2. The number of fused-ring (bicyclic) bond motifs is 1.